The average Bonchev–Trinajstić information content (AvgIpc) is 3.11. The predicted molar refractivity (Wildman–Crippen MR) is 169 cm³/mol. The fourth-order valence-electron chi connectivity index (χ4n) is 6.17. The number of fused-ring (bicyclic) bond motifs is 1. The standard InChI is InChI=1S/C33H40O19/c1-11-22(38)25(41)29(45)32(47-11)52-30-27(43)24(40)20(10-46-31-28(44)26(42)23(39)19(9-34)50-31)51-33(30)48-14-6-15(36)21-16(37)8-17(49-18(21)7-14)12-2-4-13(35)5-3-12/h2-8,11,19-20,22-36,38-45H,9-10H2,1H3/t11-,19-,20-,22-,23-,24-,25+,26+,27+,28-,29+,30-,31+,32+,33-/m1/s1. The minimum Gasteiger partial charge on any atom is -0.508 e. The lowest BCUT2D eigenvalue weighted by molar-refractivity contribution is -0.360. The highest BCUT2D eigenvalue weighted by Crippen LogP contribution is 2.35. The lowest BCUT2D eigenvalue weighted by Gasteiger charge is -2.46. The second kappa shape index (κ2) is 15.5. The highest BCUT2D eigenvalue weighted by atomic mass is 16.8. The SMILES string of the molecule is C[C@H]1O[C@@H](O[C@H]2[C@H](Oc3cc(O)c4c(=O)cc(-c5ccc(O)cc5)oc4c3)O[C@H](CO[C@H]3O[C@H](CO)[C@@H](O)[C@H](O)[C@H]3O)[C@@H](O)[C@@H]2O)[C@@H](O)[C@@H](O)[C@@H]1O. The molecule has 19 heteroatoms. The molecule has 3 aliphatic rings. The minimum atomic E-state index is -1.93. The Morgan fingerprint density at radius 3 is 2.02 bits per heavy atom. The topological polar surface area (TPSA) is 308 Å². The minimum absolute atomic E-state index is 0.0278. The number of benzene rings is 2. The summed E-state index contributed by atoms with van der Waals surface area (Å²) in [6, 6.07) is 9.13. The molecule has 3 saturated heterocycles. The monoisotopic (exact) mass is 740 g/mol. The van der Waals surface area contributed by atoms with E-state index in [1.165, 1.54) is 37.3 Å². The molecule has 2 aromatic carbocycles. The summed E-state index contributed by atoms with van der Waals surface area (Å²) >= 11 is 0. The normalized spacial score (nSPS) is 38.3. The summed E-state index contributed by atoms with van der Waals surface area (Å²) in [5, 5.41) is 114. The van der Waals surface area contributed by atoms with E-state index in [1.807, 2.05) is 0 Å². The van der Waals surface area contributed by atoms with Gasteiger partial charge in [0, 0.05) is 23.8 Å². The quantitative estimate of drug-likeness (QED) is 0.102. The van der Waals surface area contributed by atoms with Crippen molar-refractivity contribution in [3.05, 3.63) is 52.7 Å². The van der Waals surface area contributed by atoms with Crippen molar-refractivity contribution < 1.29 is 89.0 Å². The zero-order valence-electron chi connectivity index (χ0n) is 27.3. The van der Waals surface area contributed by atoms with Gasteiger partial charge in [-0.05, 0) is 31.2 Å². The van der Waals surface area contributed by atoms with Crippen LogP contribution in [0, 0.1) is 0 Å². The first-order valence-corrected chi connectivity index (χ1v) is 16.2. The van der Waals surface area contributed by atoms with Crippen LogP contribution in [0.2, 0.25) is 0 Å². The number of aliphatic hydroxyl groups excluding tert-OH is 9. The van der Waals surface area contributed by atoms with Crippen molar-refractivity contribution in [1.29, 1.82) is 0 Å². The molecular weight excluding hydrogens is 700 g/mol. The Balaban J connectivity index is 1.30. The molecule has 52 heavy (non-hydrogen) atoms. The number of aliphatic hydroxyl groups is 9. The second-order valence-corrected chi connectivity index (χ2v) is 12.8. The van der Waals surface area contributed by atoms with Crippen molar-refractivity contribution in [3.8, 4) is 28.6 Å². The Morgan fingerprint density at radius 1 is 0.692 bits per heavy atom. The first kappa shape index (κ1) is 38.2. The van der Waals surface area contributed by atoms with Gasteiger partial charge >= 0.3 is 0 Å². The largest absolute Gasteiger partial charge is 0.508 e. The number of phenols is 2. The number of hydrogen-bond donors (Lipinski definition) is 11. The maximum Gasteiger partial charge on any atom is 0.229 e. The van der Waals surface area contributed by atoms with E-state index in [0.29, 0.717) is 5.56 Å². The van der Waals surface area contributed by atoms with E-state index in [1.54, 1.807) is 0 Å². The van der Waals surface area contributed by atoms with Gasteiger partial charge in [-0.1, -0.05) is 0 Å². The van der Waals surface area contributed by atoms with Gasteiger partial charge in [-0.2, -0.15) is 0 Å². The van der Waals surface area contributed by atoms with Crippen LogP contribution in [0.25, 0.3) is 22.3 Å². The summed E-state index contributed by atoms with van der Waals surface area (Å²) in [5.74, 6) is -0.751. The molecule has 4 heterocycles. The summed E-state index contributed by atoms with van der Waals surface area (Å²) in [4.78, 5) is 13.0. The van der Waals surface area contributed by atoms with Gasteiger partial charge in [0.05, 0.1) is 19.3 Å². The van der Waals surface area contributed by atoms with Crippen LogP contribution >= 0.6 is 0 Å². The van der Waals surface area contributed by atoms with Crippen LogP contribution in [0.15, 0.2) is 51.7 Å². The fourth-order valence-corrected chi connectivity index (χ4v) is 6.17. The van der Waals surface area contributed by atoms with Crippen LogP contribution in [-0.2, 0) is 23.7 Å². The van der Waals surface area contributed by atoms with Crippen molar-refractivity contribution in [3.63, 3.8) is 0 Å². The molecule has 3 aliphatic heterocycles. The highest BCUT2D eigenvalue weighted by molar-refractivity contribution is 5.86. The number of aromatic hydroxyl groups is 2. The molecule has 15 atom stereocenters. The van der Waals surface area contributed by atoms with Crippen molar-refractivity contribution in [2.75, 3.05) is 13.2 Å². The maximum atomic E-state index is 13.0. The van der Waals surface area contributed by atoms with Gasteiger partial charge < -0.3 is 89.0 Å². The van der Waals surface area contributed by atoms with Gasteiger partial charge in [0.1, 0.15) is 95.0 Å². The van der Waals surface area contributed by atoms with Gasteiger partial charge in [0.15, 0.2) is 24.1 Å². The highest BCUT2D eigenvalue weighted by Gasteiger charge is 2.52. The fraction of sp³-hybridized carbons (Fsp3) is 0.545. The molecule has 3 fully saturated rings. The zero-order valence-corrected chi connectivity index (χ0v) is 27.3. The second-order valence-electron chi connectivity index (χ2n) is 12.8. The Morgan fingerprint density at radius 2 is 1.33 bits per heavy atom. The van der Waals surface area contributed by atoms with Crippen LogP contribution in [-0.4, -0.2) is 162 Å². The number of phenolic OH excluding ortho intramolecular Hbond substituents is 2. The van der Waals surface area contributed by atoms with E-state index in [-0.39, 0.29) is 28.2 Å². The van der Waals surface area contributed by atoms with Crippen molar-refractivity contribution in [2.24, 2.45) is 0 Å². The molecule has 0 saturated carbocycles. The predicted octanol–water partition coefficient (Wildman–Crippen LogP) is -3.27. The van der Waals surface area contributed by atoms with E-state index in [4.69, 9.17) is 32.8 Å². The van der Waals surface area contributed by atoms with Gasteiger partial charge in [-0.3, -0.25) is 4.79 Å². The zero-order chi connectivity index (χ0) is 37.6. The van der Waals surface area contributed by atoms with Crippen LogP contribution in [0.4, 0.5) is 0 Å². The van der Waals surface area contributed by atoms with Crippen molar-refractivity contribution in [1.82, 2.24) is 0 Å². The lowest BCUT2D eigenvalue weighted by atomic mass is 9.97. The molecular formula is C33H40O19. The first-order chi connectivity index (χ1) is 24.7. The lowest BCUT2D eigenvalue weighted by Crippen LogP contribution is -2.65. The Bertz CT molecular complexity index is 1730. The first-order valence-electron chi connectivity index (χ1n) is 16.2. The summed E-state index contributed by atoms with van der Waals surface area (Å²) in [5.41, 5.74) is -0.358. The van der Waals surface area contributed by atoms with Gasteiger partial charge in [-0.25, -0.2) is 0 Å². The molecule has 3 aromatic rings. The van der Waals surface area contributed by atoms with Gasteiger partial charge in [-0.15, -0.1) is 0 Å². The molecule has 11 N–H and O–H groups in total. The van der Waals surface area contributed by atoms with E-state index < -0.39 is 117 Å². The van der Waals surface area contributed by atoms with E-state index in [9.17, 15) is 61.0 Å². The smallest absolute Gasteiger partial charge is 0.229 e. The van der Waals surface area contributed by atoms with E-state index in [2.05, 4.69) is 0 Å². The third-order valence-corrected chi connectivity index (χ3v) is 9.20. The van der Waals surface area contributed by atoms with E-state index >= 15 is 0 Å². The molecule has 19 nitrogen and oxygen atoms in total. The number of ether oxygens (including phenoxy) is 6. The molecule has 1 aromatic heterocycles. The van der Waals surface area contributed by atoms with E-state index in [0.717, 1.165) is 12.1 Å². The Hall–Kier alpha value is -3.51. The third kappa shape index (κ3) is 7.47. The molecule has 286 valence electrons. The van der Waals surface area contributed by atoms with Gasteiger partial charge in [0.2, 0.25) is 6.29 Å². The summed E-state index contributed by atoms with van der Waals surface area (Å²) in [7, 11) is 0. The summed E-state index contributed by atoms with van der Waals surface area (Å²) in [6.07, 6.45) is -24.8. The molecule has 0 aliphatic carbocycles. The molecule has 0 bridgehead atoms. The molecule has 0 amide bonds. The van der Waals surface area contributed by atoms with Crippen molar-refractivity contribution in [2.45, 2.75) is 99.0 Å². The van der Waals surface area contributed by atoms with Crippen LogP contribution < -0.4 is 10.2 Å². The van der Waals surface area contributed by atoms with Crippen LogP contribution in [0.3, 0.4) is 0 Å². The summed E-state index contributed by atoms with van der Waals surface area (Å²) in [6.45, 7) is -0.0152. The molecule has 6 rings (SSSR count). The average molecular weight is 741 g/mol. The molecule has 0 spiro atoms. The molecule has 0 unspecified atom stereocenters. The Kier molecular flexibility index (Phi) is 11.4. The third-order valence-electron chi connectivity index (χ3n) is 9.20. The summed E-state index contributed by atoms with van der Waals surface area (Å²) < 4.78 is 39.9. The molecule has 0 radical (unpaired) electrons. The number of rotatable bonds is 9. The van der Waals surface area contributed by atoms with Crippen LogP contribution in [0.5, 0.6) is 17.2 Å². The van der Waals surface area contributed by atoms with Crippen LogP contribution in [0.1, 0.15) is 6.92 Å². The van der Waals surface area contributed by atoms with Gasteiger partial charge in [0.25, 0.3) is 0 Å². The Labute approximate surface area is 293 Å². The van der Waals surface area contributed by atoms with Crippen molar-refractivity contribution >= 4 is 11.0 Å². The maximum absolute atomic E-state index is 13.0. The number of hydrogen-bond acceptors (Lipinski definition) is 19.